The highest BCUT2D eigenvalue weighted by atomic mass is 16.5. The molecule has 2 atom stereocenters. The number of rotatable bonds is 23. The standard InChI is InChI=1S/C27H44N8O8/c1-19(2)24(34-23(37)9-12-41-14-16-43-17-15-42-13-11-31-35-29)26(39)33-22(4-3-10-30-27(28)40)25(38)32-21-7-5-20(18-36)6-8-21/h5-8,19,22,24,36H,3-4,9-18H2,1-2H3,(H,32,38)(H,33,39)(H,34,37)(H3,28,30,40). The molecule has 0 aliphatic heterocycles. The van der Waals surface area contributed by atoms with Gasteiger partial charge in [-0.1, -0.05) is 31.1 Å². The van der Waals surface area contributed by atoms with E-state index in [1.165, 1.54) is 0 Å². The summed E-state index contributed by atoms with van der Waals surface area (Å²) in [4.78, 5) is 52.4. The fourth-order valence-electron chi connectivity index (χ4n) is 3.61. The van der Waals surface area contributed by atoms with Gasteiger partial charge in [-0.15, -0.1) is 0 Å². The Balaban J connectivity index is 2.56. The molecule has 0 saturated carbocycles. The van der Waals surface area contributed by atoms with Crippen molar-refractivity contribution >= 4 is 29.4 Å². The number of aliphatic hydroxyl groups excluding tert-OH is 1. The molecule has 0 bridgehead atoms. The third-order valence-electron chi connectivity index (χ3n) is 5.89. The van der Waals surface area contributed by atoms with Crippen molar-refractivity contribution in [1.82, 2.24) is 16.0 Å². The van der Waals surface area contributed by atoms with E-state index in [4.69, 9.17) is 25.5 Å². The molecule has 2 unspecified atom stereocenters. The highest BCUT2D eigenvalue weighted by molar-refractivity contribution is 5.98. The van der Waals surface area contributed by atoms with Crippen LogP contribution in [0.25, 0.3) is 10.4 Å². The first kappa shape index (κ1) is 37.1. The van der Waals surface area contributed by atoms with Gasteiger partial charge in [0.05, 0.1) is 46.2 Å². The monoisotopic (exact) mass is 608 g/mol. The summed E-state index contributed by atoms with van der Waals surface area (Å²) < 4.78 is 16.0. The topological polar surface area (TPSA) is 239 Å². The first-order valence-electron chi connectivity index (χ1n) is 14.1. The van der Waals surface area contributed by atoms with Crippen LogP contribution in [0.4, 0.5) is 10.5 Å². The molecular weight excluding hydrogens is 564 g/mol. The Morgan fingerprint density at radius 1 is 0.953 bits per heavy atom. The lowest BCUT2D eigenvalue weighted by molar-refractivity contribution is -0.132. The van der Waals surface area contributed by atoms with Crippen LogP contribution in [-0.4, -0.2) is 93.7 Å². The van der Waals surface area contributed by atoms with Crippen LogP contribution < -0.4 is 27.0 Å². The fourth-order valence-corrected chi connectivity index (χ4v) is 3.61. The molecule has 7 N–H and O–H groups in total. The molecule has 16 nitrogen and oxygen atoms in total. The minimum absolute atomic E-state index is 0.0194. The SMILES string of the molecule is CC(C)C(NC(=O)CCOCCOCCOCCN=[N+]=[N-])C(=O)NC(CCCNC(N)=O)C(=O)Nc1ccc(CO)cc1. The number of ether oxygens (including phenoxy) is 3. The van der Waals surface area contributed by atoms with E-state index in [1.807, 2.05) is 0 Å². The lowest BCUT2D eigenvalue weighted by Crippen LogP contribution is -2.54. The van der Waals surface area contributed by atoms with Crippen LogP contribution in [0, 0.1) is 5.92 Å². The van der Waals surface area contributed by atoms with Gasteiger partial charge in [0.15, 0.2) is 0 Å². The Kier molecular flexibility index (Phi) is 19.5. The van der Waals surface area contributed by atoms with Crippen molar-refractivity contribution in [1.29, 1.82) is 0 Å². The maximum absolute atomic E-state index is 13.2. The average Bonchev–Trinajstić information content (AvgIpc) is 2.97. The molecule has 1 rings (SSSR count). The van der Waals surface area contributed by atoms with Crippen molar-refractivity contribution in [2.24, 2.45) is 16.8 Å². The van der Waals surface area contributed by atoms with Crippen LogP contribution in [0.15, 0.2) is 29.4 Å². The van der Waals surface area contributed by atoms with Crippen molar-refractivity contribution in [3.63, 3.8) is 0 Å². The van der Waals surface area contributed by atoms with Gasteiger partial charge >= 0.3 is 6.03 Å². The molecule has 0 aliphatic rings. The molecule has 0 saturated heterocycles. The first-order chi connectivity index (χ1) is 20.7. The quantitative estimate of drug-likeness (QED) is 0.0451. The van der Waals surface area contributed by atoms with Gasteiger partial charge < -0.3 is 46.3 Å². The largest absolute Gasteiger partial charge is 0.392 e. The summed E-state index contributed by atoms with van der Waals surface area (Å²) in [5.41, 5.74) is 14.4. The third-order valence-corrected chi connectivity index (χ3v) is 5.89. The number of hydrogen-bond donors (Lipinski definition) is 6. The van der Waals surface area contributed by atoms with Crippen LogP contribution in [0.5, 0.6) is 0 Å². The van der Waals surface area contributed by atoms with Gasteiger partial charge in [0, 0.05) is 30.1 Å². The zero-order valence-corrected chi connectivity index (χ0v) is 24.8. The highest BCUT2D eigenvalue weighted by Crippen LogP contribution is 2.12. The Morgan fingerprint density at radius 2 is 1.58 bits per heavy atom. The number of benzene rings is 1. The van der Waals surface area contributed by atoms with Crippen LogP contribution in [0.3, 0.4) is 0 Å². The van der Waals surface area contributed by atoms with Gasteiger partial charge in [0.25, 0.3) is 0 Å². The van der Waals surface area contributed by atoms with Crippen molar-refractivity contribution in [3.8, 4) is 0 Å². The zero-order valence-electron chi connectivity index (χ0n) is 24.8. The number of hydrogen-bond acceptors (Lipinski definition) is 9. The summed E-state index contributed by atoms with van der Waals surface area (Å²) in [6.07, 6.45) is 0.573. The van der Waals surface area contributed by atoms with Crippen LogP contribution in [0.2, 0.25) is 0 Å². The van der Waals surface area contributed by atoms with E-state index in [0.29, 0.717) is 44.1 Å². The molecular formula is C27H44N8O8. The predicted molar refractivity (Wildman–Crippen MR) is 158 cm³/mol. The molecule has 0 aliphatic carbocycles. The van der Waals surface area contributed by atoms with Crippen LogP contribution in [-0.2, 0) is 35.2 Å². The second kappa shape index (κ2) is 22.6. The number of nitrogens with one attached hydrogen (secondary N) is 4. The first-order valence-corrected chi connectivity index (χ1v) is 14.1. The normalized spacial score (nSPS) is 12.1. The molecule has 0 spiro atoms. The van der Waals surface area contributed by atoms with Crippen molar-refractivity contribution in [2.45, 2.75) is 51.8 Å². The summed E-state index contributed by atoms with van der Waals surface area (Å²) in [6, 6.07) is 4.03. The Bertz CT molecular complexity index is 1030. The maximum atomic E-state index is 13.2. The van der Waals surface area contributed by atoms with E-state index in [2.05, 4.69) is 31.3 Å². The smallest absolute Gasteiger partial charge is 0.312 e. The number of aliphatic hydroxyl groups is 1. The third kappa shape index (κ3) is 17.6. The molecule has 1 aromatic carbocycles. The van der Waals surface area contributed by atoms with Gasteiger partial charge in [-0.2, -0.15) is 0 Å². The molecule has 0 aromatic heterocycles. The number of carbonyl (C=O) groups excluding carboxylic acids is 4. The molecule has 43 heavy (non-hydrogen) atoms. The predicted octanol–water partition coefficient (Wildman–Crippen LogP) is 0.942. The summed E-state index contributed by atoms with van der Waals surface area (Å²) in [5, 5.41) is 23.2. The number of primary amides is 1. The van der Waals surface area contributed by atoms with E-state index in [1.54, 1.807) is 38.1 Å². The molecule has 0 heterocycles. The van der Waals surface area contributed by atoms with Gasteiger partial charge in [-0.25, -0.2) is 4.79 Å². The number of urea groups is 1. The Morgan fingerprint density at radius 3 is 2.16 bits per heavy atom. The molecule has 0 radical (unpaired) electrons. The zero-order chi connectivity index (χ0) is 31.9. The number of nitrogens with zero attached hydrogens (tertiary/aromatic N) is 3. The Hall–Kier alpha value is -3.95. The second-order valence-corrected chi connectivity index (χ2v) is 9.67. The lowest BCUT2D eigenvalue weighted by atomic mass is 10.0. The minimum atomic E-state index is -0.961. The Labute approximate surface area is 251 Å². The van der Waals surface area contributed by atoms with Gasteiger partial charge in [0.2, 0.25) is 17.7 Å². The van der Waals surface area contributed by atoms with Crippen molar-refractivity contribution in [2.75, 3.05) is 58.0 Å². The summed E-state index contributed by atoms with van der Waals surface area (Å²) in [7, 11) is 0. The van der Waals surface area contributed by atoms with Crippen molar-refractivity contribution in [3.05, 3.63) is 40.3 Å². The molecule has 5 amide bonds. The summed E-state index contributed by atoms with van der Waals surface area (Å²) in [6.45, 7) is 5.59. The van der Waals surface area contributed by atoms with Gasteiger partial charge in [-0.05, 0) is 42.0 Å². The number of carbonyl (C=O) groups is 4. The van der Waals surface area contributed by atoms with Crippen LogP contribution >= 0.6 is 0 Å². The highest BCUT2D eigenvalue weighted by Gasteiger charge is 2.28. The van der Waals surface area contributed by atoms with Crippen LogP contribution in [0.1, 0.15) is 38.7 Å². The van der Waals surface area contributed by atoms with E-state index in [-0.39, 0.29) is 57.6 Å². The van der Waals surface area contributed by atoms with E-state index in [9.17, 15) is 24.3 Å². The van der Waals surface area contributed by atoms with E-state index in [0.717, 1.165) is 0 Å². The lowest BCUT2D eigenvalue weighted by Gasteiger charge is -2.25. The molecule has 240 valence electrons. The second-order valence-electron chi connectivity index (χ2n) is 9.67. The fraction of sp³-hybridized carbons (Fsp3) is 0.630. The molecule has 16 heteroatoms. The van der Waals surface area contributed by atoms with Gasteiger partial charge in [0.1, 0.15) is 12.1 Å². The number of amides is 5. The number of anilines is 1. The molecule has 0 fully saturated rings. The van der Waals surface area contributed by atoms with Gasteiger partial charge in [-0.3, -0.25) is 14.4 Å². The maximum Gasteiger partial charge on any atom is 0.312 e. The minimum Gasteiger partial charge on any atom is -0.392 e. The number of nitrogens with two attached hydrogens (primary N) is 1. The molecule has 1 aromatic rings. The van der Waals surface area contributed by atoms with E-state index < -0.39 is 29.9 Å². The summed E-state index contributed by atoms with van der Waals surface area (Å²) >= 11 is 0. The summed E-state index contributed by atoms with van der Waals surface area (Å²) in [5.74, 6) is -1.68. The van der Waals surface area contributed by atoms with Crippen molar-refractivity contribution < 1.29 is 38.5 Å². The van der Waals surface area contributed by atoms with E-state index >= 15 is 0 Å². The average molecular weight is 609 g/mol. The number of azide groups is 1.